The van der Waals surface area contributed by atoms with Crippen LogP contribution in [0.4, 0.5) is 4.39 Å². The average molecular weight is 324 g/mol. The first kappa shape index (κ1) is 11.9. The molecule has 0 saturated carbocycles. The molecule has 1 atom stereocenters. The summed E-state index contributed by atoms with van der Waals surface area (Å²) in [6, 6.07) is 2.69. The number of pyridine rings is 1. The van der Waals surface area contributed by atoms with E-state index in [4.69, 9.17) is 11.6 Å². The summed E-state index contributed by atoms with van der Waals surface area (Å²) in [5.74, 6) is -0.581. The Labute approximate surface area is 108 Å². The quantitative estimate of drug-likeness (QED) is 0.864. The second-order valence-electron chi connectivity index (χ2n) is 2.91. The van der Waals surface area contributed by atoms with E-state index in [-0.39, 0.29) is 5.69 Å². The van der Waals surface area contributed by atoms with Gasteiger partial charge in [0.2, 0.25) is 0 Å². The predicted molar refractivity (Wildman–Crippen MR) is 63.1 cm³/mol. The fraction of sp³-hybridized carbons (Fsp3) is 0.111. The smallest absolute Gasteiger partial charge is 0.150 e. The lowest BCUT2D eigenvalue weighted by Crippen LogP contribution is -2.05. The first-order chi connectivity index (χ1) is 7.58. The molecule has 84 valence electrons. The van der Waals surface area contributed by atoms with Gasteiger partial charge in [0, 0.05) is 0 Å². The van der Waals surface area contributed by atoms with Crippen molar-refractivity contribution in [3.05, 3.63) is 43.8 Å². The van der Waals surface area contributed by atoms with E-state index in [0.29, 0.717) is 13.9 Å². The summed E-state index contributed by atoms with van der Waals surface area (Å²) in [7, 11) is 0. The van der Waals surface area contributed by atoms with Gasteiger partial charge in [-0.25, -0.2) is 14.4 Å². The lowest BCUT2D eigenvalue weighted by molar-refractivity contribution is 0.208. The minimum Gasteiger partial charge on any atom is -0.379 e. The fourth-order valence-electron chi connectivity index (χ4n) is 1.14. The van der Waals surface area contributed by atoms with Gasteiger partial charge in [-0.05, 0) is 28.1 Å². The van der Waals surface area contributed by atoms with Crippen molar-refractivity contribution in [2.24, 2.45) is 0 Å². The van der Waals surface area contributed by atoms with Crippen LogP contribution in [0.2, 0.25) is 4.34 Å². The van der Waals surface area contributed by atoms with E-state index >= 15 is 0 Å². The first-order valence-electron chi connectivity index (χ1n) is 4.19. The summed E-state index contributed by atoms with van der Waals surface area (Å²) in [6.45, 7) is 0. The van der Waals surface area contributed by atoms with E-state index in [0.717, 1.165) is 11.3 Å². The summed E-state index contributed by atoms with van der Waals surface area (Å²) >= 11 is 9.88. The molecule has 0 spiro atoms. The molecule has 0 radical (unpaired) electrons. The van der Waals surface area contributed by atoms with Gasteiger partial charge in [0.1, 0.15) is 25.5 Å². The molecule has 1 N–H and O–H groups in total. The third kappa shape index (κ3) is 2.40. The van der Waals surface area contributed by atoms with Crippen LogP contribution < -0.4 is 0 Å². The summed E-state index contributed by atoms with van der Waals surface area (Å²) in [4.78, 5) is 7.75. The number of aromatic nitrogens is 2. The Kier molecular flexibility index (Phi) is 3.53. The molecule has 0 bridgehead atoms. The van der Waals surface area contributed by atoms with Crippen LogP contribution in [-0.4, -0.2) is 15.1 Å². The highest BCUT2D eigenvalue weighted by atomic mass is 79.9. The van der Waals surface area contributed by atoms with Gasteiger partial charge in [0.15, 0.2) is 6.10 Å². The third-order valence-electron chi connectivity index (χ3n) is 1.83. The van der Waals surface area contributed by atoms with E-state index in [1.165, 1.54) is 18.3 Å². The maximum absolute atomic E-state index is 13.4. The molecule has 16 heavy (non-hydrogen) atoms. The van der Waals surface area contributed by atoms with Gasteiger partial charge < -0.3 is 5.11 Å². The Hall–Kier alpha value is -0.560. The van der Waals surface area contributed by atoms with Crippen molar-refractivity contribution in [3.8, 4) is 0 Å². The van der Waals surface area contributed by atoms with Crippen LogP contribution in [0.25, 0.3) is 0 Å². The standard InChI is InChI=1S/C9H5BrClFN2OS/c10-5-2-1-4(12)7(14-5)8(15)9-13-3-6(11)16-9/h1-3,8,15H. The summed E-state index contributed by atoms with van der Waals surface area (Å²) in [5.41, 5.74) is -0.0691. The summed E-state index contributed by atoms with van der Waals surface area (Å²) < 4.78 is 14.3. The maximum atomic E-state index is 13.4. The molecule has 0 aromatic carbocycles. The van der Waals surface area contributed by atoms with Crippen molar-refractivity contribution in [2.45, 2.75) is 6.10 Å². The second kappa shape index (κ2) is 4.75. The van der Waals surface area contributed by atoms with Crippen molar-refractivity contribution in [1.29, 1.82) is 0 Å². The molecule has 1 unspecified atom stereocenters. The highest BCUT2D eigenvalue weighted by Gasteiger charge is 2.20. The minimum absolute atomic E-state index is 0.0691. The van der Waals surface area contributed by atoms with Gasteiger partial charge >= 0.3 is 0 Å². The number of nitrogens with zero attached hydrogens (tertiary/aromatic N) is 2. The van der Waals surface area contributed by atoms with E-state index in [2.05, 4.69) is 25.9 Å². The van der Waals surface area contributed by atoms with Crippen LogP contribution in [0.1, 0.15) is 16.8 Å². The van der Waals surface area contributed by atoms with Crippen LogP contribution in [0, 0.1) is 5.82 Å². The Balaban J connectivity index is 2.40. The number of hydrogen-bond acceptors (Lipinski definition) is 4. The molecule has 2 heterocycles. The van der Waals surface area contributed by atoms with E-state index in [9.17, 15) is 9.50 Å². The molecule has 0 aliphatic heterocycles. The number of halogens is 3. The molecule has 7 heteroatoms. The van der Waals surface area contributed by atoms with Crippen molar-refractivity contribution in [1.82, 2.24) is 9.97 Å². The largest absolute Gasteiger partial charge is 0.379 e. The normalized spacial score (nSPS) is 12.8. The summed E-state index contributed by atoms with van der Waals surface area (Å²) in [6.07, 6.45) is 0.204. The van der Waals surface area contributed by atoms with Crippen LogP contribution in [0.3, 0.4) is 0 Å². The highest BCUT2D eigenvalue weighted by molar-refractivity contribution is 9.10. The van der Waals surface area contributed by atoms with Crippen LogP contribution in [0.5, 0.6) is 0 Å². The molecule has 0 amide bonds. The average Bonchev–Trinajstić information content (AvgIpc) is 2.67. The van der Waals surface area contributed by atoms with Gasteiger partial charge in [0.05, 0.1) is 6.20 Å². The molecule has 0 aliphatic carbocycles. The van der Waals surface area contributed by atoms with E-state index in [1.54, 1.807) is 0 Å². The van der Waals surface area contributed by atoms with Crippen molar-refractivity contribution >= 4 is 38.9 Å². The molecular formula is C9H5BrClFN2OS. The van der Waals surface area contributed by atoms with Crippen LogP contribution in [0.15, 0.2) is 22.9 Å². The van der Waals surface area contributed by atoms with Crippen molar-refractivity contribution in [2.75, 3.05) is 0 Å². The molecule has 0 aliphatic rings. The number of thiazole rings is 1. The van der Waals surface area contributed by atoms with Gasteiger partial charge in [-0.15, -0.1) is 11.3 Å². The SMILES string of the molecule is OC(c1ncc(Cl)s1)c1nc(Br)ccc1F. The monoisotopic (exact) mass is 322 g/mol. The topological polar surface area (TPSA) is 46.0 Å². The zero-order chi connectivity index (χ0) is 11.7. The van der Waals surface area contributed by atoms with Crippen LogP contribution >= 0.6 is 38.9 Å². The fourth-order valence-corrected chi connectivity index (χ4v) is 2.38. The molecular weight excluding hydrogens is 319 g/mol. The van der Waals surface area contributed by atoms with E-state index in [1.807, 2.05) is 0 Å². The Morgan fingerprint density at radius 2 is 2.25 bits per heavy atom. The zero-order valence-corrected chi connectivity index (χ0v) is 10.9. The van der Waals surface area contributed by atoms with Crippen molar-refractivity contribution in [3.63, 3.8) is 0 Å². The lowest BCUT2D eigenvalue weighted by atomic mass is 10.2. The van der Waals surface area contributed by atoms with Gasteiger partial charge in [-0.1, -0.05) is 11.6 Å². The molecule has 2 aromatic heterocycles. The Morgan fingerprint density at radius 1 is 1.50 bits per heavy atom. The third-order valence-corrected chi connectivity index (χ3v) is 3.44. The number of aliphatic hydroxyl groups is 1. The molecule has 2 rings (SSSR count). The van der Waals surface area contributed by atoms with Gasteiger partial charge in [-0.3, -0.25) is 0 Å². The first-order valence-corrected chi connectivity index (χ1v) is 6.18. The Morgan fingerprint density at radius 3 is 2.88 bits per heavy atom. The molecule has 0 saturated heterocycles. The zero-order valence-electron chi connectivity index (χ0n) is 7.69. The Bertz CT molecular complexity index is 522. The van der Waals surface area contributed by atoms with E-state index < -0.39 is 11.9 Å². The lowest BCUT2D eigenvalue weighted by Gasteiger charge is -2.07. The van der Waals surface area contributed by atoms with Crippen LogP contribution in [-0.2, 0) is 0 Å². The number of aliphatic hydroxyl groups excluding tert-OH is 1. The van der Waals surface area contributed by atoms with Gasteiger partial charge in [0.25, 0.3) is 0 Å². The summed E-state index contributed by atoms with van der Waals surface area (Å²) in [5, 5.41) is 10.2. The second-order valence-corrected chi connectivity index (χ2v) is 5.41. The molecule has 3 nitrogen and oxygen atoms in total. The number of hydrogen-bond donors (Lipinski definition) is 1. The maximum Gasteiger partial charge on any atom is 0.150 e. The highest BCUT2D eigenvalue weighted by Crippen LogP contribution is 2.29. The molecule has 2 aromatic rings. The van der Waals surface area contributed by atoms with Gasteiger partial charge in [-0.2, -0.15) is 0 Å². The minimum atomic E-state index is -1.20. The molecule has 0 fully saturated rings. The predicted octanol–water partition coefficient (Wildman–Crippen LogP) is 3.17. The van der Waals surface area contributed by atoms with Crippen molar-refractivity contribution < 1.29 is 9.50 Å². The number of rotatable bonds is 2.